The molecule has 2 aromatic rings. The normalized spacial score (nSPS) is 23.0. The highest BCUT2D eigenvalue weighted by Gasteiger charge is 2.25. The third-order valence-corrected chi connectivity index (χ3v) is 6.52. The van der Waals surface area contributed by atoms with Gasteiger partial charge in [-0.3, -0.25) is 4.90 Å². The first-order valence-corrected chi connectivity index (χ1v) is 11.0. The maximum absolute atomic E-state index is 13.4. The summed E-state index contributed by atoms with van der Waals surface area (Å²) in [7, 11) is 3.57. The number of anilines is 1. The van der Waals surface area contributed by atoms with Gasteiger partial charge in [0, 0.05) is 52.4 Å². The van der Waals surface area contributed by atoms with Crippen LogP contribution in [-0.4, -0.2) is 73.8 Å². The van der Waals surface area contributed by atoms with E-state index in [1.165, 1.54) is 31.4 Å². The van der Waals surface area contributed by atoms with E-state index in [1.54, 1.807) is 25.1 Å². The molecule has 30 heavy (non-hydrogen) atoms. The smallest absolute Gasteiger partial charge is 0.317 e. The number of nitrogens with zero attached hydrogens (tertiary/aromatic N) is 4. The average Bonchev–Trinajstić information content (AvgIpc) is 3.16. The summed E-state index contributed by atoms with van der Waals surface area (Å²) in [5, 5.41) is 8.17. The van der Waals surface area contributed by atoms with Crippen LogP contribution in [0.5, 0.6) is 0 Å². The summed E-state index contributed by atoms with van der Waals surface area (Å²) in [5.41, 5.74) is 0.504. The summed E-state index contributed by atoms with van der Waals surface area (Å²) < 4.78 is 18.7. The fourth-order valence-corrected chi connectivity index (χ4v) is 4.57. The van der Waals surface area contributed by atoms with E-state index < -0.39 is 0 Å². The highest BCUT2D eigenvalue weighted by atomic mass is 19.1. The number of amides is 2. The van der Waals surface area contributed by atoms with Gasteiger partial charge in [-0.05, 0) is 56.7 Å². The largest absolute Gasteiger partial charge is 0.354 e. The van der Waals surface area contributed by atoms with Crippen molar-refractivity contribution in [3.8, 4) is 0 Å². The zero-order valence-electron chi connectivity index (χ0n) is 17.9. The van der Waals surface area contributed by atoms with Crippen LogP contribution >= 0.6 is 0 Å². The van der Waals surface area contributed by atoms with Crippen molar-refractivity contribution in [2.45, 2.75) is 38.1 Å². The number of piperazine rings is 1. The van der Waals surface area contributed by atoms with Crippen LogP contribution in [0.2, 0.25) is 0 Å². The molecule has 0 radical (unpaired) electrons. The van der Waals surface area contributed by atoms with Gasteiger partial charge in [0.25, 0.3) is 0 Å². The van der Waals surface area contributed by atoms with Crippen LogP contribution in [0.15, 0.2) is 22.7 Å². The molecule has 2 heterocycles. The quantitative estimate of drug-likeness (QED) is 0.809. The lowest BCUT2D eigenvalue weighted by Crippen LogP contribution is -2.47. The minimum Gasteiger partial charge on any atom is -0.354 e. The second kappa shape index (κ2) is 9.20. The van der Waals surface area contributed by atoms with Crippen molar-refractivity contribution in [3.05, 3.63) is 24.0 Å². The molecule has 1 N–H and O–H groups in total. The molecule has 1 aliphatic carbocycles. The number of urea groups is 1. The lowest BCUT2D eigenvalue weighted by molar-refractivity contribution is 0.194. The van der Waals surface area contributed by atoms with Gasteiger partial charge in [-0.2, -0.15) is 0 Å². The highest BCUT2D eigenvalue weighted by Crippen LogP contribution is 2.29. The van der Waals surface area contributed by atoms with Crippen molar-refractivity contribution in [2.24, 2.45) is 5.92 Å². The Morgan fingerprint density at radius 2 is 1.93 bits per heavy atom. The highest BCUT2D eigenvalue weighted by molar-refractivity contribution is 5.88. The zero-order chi connectivity index (χ0) is 21.1. The van der Waals surface area contributed by atoms with Gasteiger partial charge in [0.05, 0.1) is 5.39 Å². The summed E-state index contributed by atoms with van der Waals surface area (Å²) in [5.74, 6) is 1.27. The van der Waals surface area contributed by atoms with Gasteiger partial charge in [0.15, 0.2) is 11.4 Å². The van der Waals surface area contributed by atoms with Crippen LogP contribution in [0.1, 0.15) is 32.1 Å². The Balaban J connectivity index is 1.19. The molecule has 2 aliphatic rings. The predicted molar refractivity (Wildman–Crippen MR) is 115 cm³/mol. The van der Waals surface area contributed by atoms with Crippen molar-refractivity contribution in [1.82, 2.24) is 20.3 Å². The average molecular weight is 418 g/mol. The SMILES string of the molecule is CN(C)C(=O)NC1CCC(CCN2CCN(c3noc4cc(F)ccc34)CC2)CC1. The third kappa shape index (κ3) is 4.86. The number of carbonyl (C=O) groups excluding carboxylic acids is 1. The second-order valence-electron chi connectivity index (χ2n) is 8.83. The number of hydrogen-bond acceptors (Lipinski definition) is 5. The Bertz CT molecular complexity index is 854. The first-order valence-electron chi connectivity index (χ1n) is 11.0. The number of fused-ring (bicyclic) bond motifs is 1. The summed E-state index contributed by atoms with van der Waals surface area (Å²) in [6.07, 6.45) is 5.77. The number of rotatable bonds is 5. The zero-order valence-corrected chi connectivity index (χ0v) is 17.9. The fourth-order valence-electron chi connectivity index (χ4n) is 4.57. The number of nitrogens with one attached hydrogen (secondary N) is 1. The van der Waals surface area contributed by atoms with Gasteiger partial charge in [0.2, 0.25) is 0 Å². The van der Waals surface area contributed by atoms with Crippen LogP contribution in [0, 0.1) is 11.7 Å². The molecule has 7 nitrogen and oxygen atoms in total. The Morgan fingerprint density at radius 3 is 2.63 bits per heavy atom. The van der Waals surface area contributed by atoms with Gasteiger partial charge in [0.1, 0.15) is 5.82 Å². The van der Waals surface area contributed by atoms with Crippen LogP contribution in [-0.2, 0) is 0 Å². The van der Waals surface area contributed by atoms with Crippen molar-refractivity contribution < 1.29 is 13.7 Å². The minimum absolute atomic E-state index is 0.0151. The number of benzene rings is 1. The van der Waals surface area contributed by atoms with E-state index in [1.807, 2.05) is 0 Å². The van der Waals surface area contributed by atoms with E-state index >= 15 is 0 Å². The fraction of sp³-hybridized carbons (Fsp3) is 0.636. The molecule has 0 atom stereocenters. The summed E-state index contributed by atoms with van der Waals surface area (Å²) >= 11 is 0. The molecule has 0 unspecified atom stereocenters. The molecule has 0 bridgehead atoms. The van der Waals surface area contributed by atoms with E-state index in [0.29, 0.717) is 11.6 Å². The molecule has 164 valence electrons. The number of halogens is 1. The lowest BCUT2D eigenvalue weighted by atomic mass is 9.84. The summed E-state index contributed by atoms with van der Waals surface area (Å²) in [4.78, 5) is 18.2. The van der Waals surface area contributed by atoms with Crippen molar-refractivity contribution in [1.29, 1.82) is 0 Å². The molecule has 1 aliphatic heterocycles. The topological polar surface area (TPSA) is 64.9 Å². The van der Waals surface area contributed by atoms with Crippen molar-refractivity contribution in [2.75, 3.05) is 51.7 Å². The maximum atomic E-state index is 13.4. The summed E-state index contributed by atoms with van der Waals surface area (Å²) in [6, 6.07) is 4.94. The molecular formula is C22H32FN5O2. The van der Waals surface area contributed by atoms with Crippen molar-refractivity contribution in [3.63, 3.8) is 0 Å². The molecule has 4 rings (SSSR count). The molecule has 0 spiro atoms. The molecule has 1 saturated carbocycles. The van der Waals surface area contributed by atoms with Gasteiger partial charge in [-0.15, -0.1) is 0 Å². The molecule has 2 fully saturated rings. The molecular weight excluding hydrogens is 385 g/mol. The van der Waals surface area contributed by atoms with Gasteiger partial charge in [-0.25, -0.2) is 9.18 Å². The molecule has 2 amide bonds. The van der Waals surface area contributed by atoms with Crippen molar-refractivity contribution >= 4 is 22.8 Å². The number of aromatic nitrogens is 1. The first kappa shape index (κ1) is 20.9. The lowest BCUT2D eigenvalue weighted by Gasteiger charge is -2.36. The Kier molecular flexibility index (Phi) is 6.41. The van der Waals surface area contributed by atoms with E-state index in [0.717, 1.165) is 62.7 Å². The molecule has 1 aromatic heterocycles. The van der Waals surface area contributed by atoms with Gasteiger partial charge < -0.3 is 19.6 Å². The van der Waals surface area contributed by atoms with Crippen LogP contribution in [0.3, 0.4) is 0 Å². The van der Waals surface area contributed by atoms with Crippen LogP contribution in [0.4, 0.5) is 15.0 Å². The predicted octanol–water partition coefficient (Wildman–Crippen LogP) is 3.31. The Morgan fingerprint density at radius 1 is 1.20 bits per heavy atom. The molecule has 1 aromatic carbocycles. The van der Waals surface area contributed by atoms with Gasteiger partial charge >= 0.3 is 6.03 Å². The Hall–Kier alpha value is -2.35. The van der Waals surface area contributed by atoms with E-state index in [9.17, 15) is 9.18 Å². The van der Waals surface area contributed by atoms with E-state index in [2.05, 4.69) is 20.3 Å². The molecule has 1 saturated heterocycles. The number of hydrogen-bond donors (Lipinski definition) is 1. The Labute approximate surface area is 177 Å². The van der Waals surface area contributed by atoms with E-state index in [-0.39, 0.29) is 11.8 Å². The number of carbonyl (C=O) groups is 1. The molecule has 8 heteroatoms. The standard InChI is InChI=1S/C22H32FN5O2/c1-26(2)22(29)24-18-6-3-16(4-7-18)9-10-27-11-13-28(14-12-27)21-19-8-5-17(23)15-20(19)30-25-21/h5,8,15-16,18H,3-4,6-7,9-14H2,1-2H3,(H,24,29). The maximum Gasteiger partial charge on any atom is 0.317 e. The van der Waals surface area contributed by atoms with Crippen LogP contribution < -0.4 is 10.2 Å². The van der Waals surface area contributed by atoms with Crippen LogP contribution in [0.25, 0.3) is 11.0 Å². The van der Waals surface area contributed by atoms with Gasteiger partial charge in [-0.1, -0.05) is 5.16 Å². The monoisotopic (exact) mass is 417 g/mol. The summed E-state index contributed by atoms with van der Waals surface area (Å²) in [6.45, 7) is 4.94. The minimum atomic E-state index is -0.302. The first-order chi connectivity index (χ1) is 14.5. The van der Waals surface area contributed by atoms with E-state index in [4.69, 9.17) is 4.52 Å². The third-order valence-electron chi connectivity index (χ3n) is 6.52. The second-order valence-corrected chi connectivity index (χ2v) is 8.83.